The molecule has 0 radical (unpaired) electrons. The highest BCUT2D eigenvalue weighted by Crippen LogP contribution is 2.27. The van der Waals surface area contributed by atoms with Gasteiger partial charge in [-0.2, -0.15) is 0 Å². The topological polar surface area (TPSA) is 43.4 Å². The molecule has 0 amide bonds. The molecular weight excluding hydrogens is 288 g/mol. The van der Waals surface area contributed by atoms with Crippen molar-refractivity contribution < 1.29 is 14.3 Å². The van der Waals surface area contributed by atoms with E-state index in [1.807, 2.05) is 30.3 Å². The molecule has 0 spiro atoms. The summed E-state index contributed by atoms with van der Waals surface area (Å²) in [4.78, 5) is 23.9. The van der Waals surface area contributed by atoms with Crippen LogP contribution in [0.5, 0.6) is 0 Å². The minimum Gasteiger partial charge on any atom is -0.469 e. The van der Waals surface area contributed by atoms with Gasteiger partial charge in [0.25, 0.3) is 0 Å². The number of hydrogen-bond acceptors (Lipinski definition) is 3. The second-order valence-electron chi connectivity index (χ2n) is 6.25. The molecule has 1 aliphatic rings. The van der Waals surface area contributed by atoms with Gasteiger partial charge in [-0.3, -0.25) is 9.59 Å². The molecule has 0 atom stereocenters. The first-order valence-corrected chi connectivity index (χ1v) is 8.53. The van der Waals surface area contributed by atoms with E-state index in [1.165, 1.54) is 39.2 Å². The number of allylic oxidation sites excluding steroid dienone is 2. The van der Waals surface area contributed by atoms with E-state index in [2.05, 4.69) is 10.8 Å². The SMILES string of the molecule is COC(=O)CCC(=O)/C(=C/C1CCCCC1)Cc1ccccc1. The average Bonchev–Trinajstić information content (AvgIpc) is 2.60. The van der Waals surface area contributed by atoms with Gasteiger partial charge in [0, 0.05) is 12.8 Å². The molecule has 3 nitrogen and oxygen atoms in total. The van der Waals surface area contributed by atoms with Crippen molar-refractivity contribution in [1.29, 1.82) is 0 Å². The number of ether oxygens (including phenoxy) is 1. The summed E-state index contributed by atoms with van der Waals surface area (Å²) in [6.45, 7) is 0. The highest BCUT2D eigenvalue weighted by molar-refractivity contribution is 5.97. The van der Waals surface area contributed by atoms with Crippen LogP contribution in [0.15, 0.2) is 42.0 Å². The Kier molecular flexibility index (Phi) is 7.05. The predicted molar refractivity (Wildman–Crippen MR) is 91.1 cm³/mol. The molecule has 0 aromatic heterocycles. The van der Waals surface area contributed by atoms with Crippen LogP contribution in [0.25, 0.3) is 0 Å². The smallest absolute Gasteiger partial charge is 0.305 e. The van der Waals surface area contributed by atoms with Crippen molar-refractivity contribution >= 4 is 11.8 Å². The Labute approximate surface area is 138 Å². The number of benzene rings is 1. The largest absolute Gasteiger partial charge is 0.469 e. The van der Waals surface area contributed by atoms with Gasteiger partial charge in [0.1, 0.15) is 0 Å². The Morgan fingerprint density at radius 2 is 1.78 bits per heavy atom. The molecule has 0 heterocycles. The molecule has 0 aliphatic heterocycles. The molecule has 0 saturated heterocycles. The third-order valence-corrected chi connectivity index (χ3v) is 4.47. The third kappa shape index (κ3) is 6.01. The zero-order chi connectivity index (χ0) is 16.5. The van der Waals surface area contributed by atoms with Crippen molar-refractivity contribution in [2.45, 2.75) is 51.4 Å². The third-order valence-electron chi connectivity index (χ3n) is 4.47. The monoisotopic (exact) mass is 314 g/mol. The van der Waals surface area contributed by atoms with Gasteiger partial charge < -0.3 is 4.74 Å². The highest BCUT2D eigenvalue weighted by Gasteiger charge is 2.17. The van der Waals surface area contributed by atoms with E-state index in [0.717, 1.165) is 11.1 Å². The lowest BCUT2D eigenvalue weighted by Crippen LogP contribution is -2.12. The first kappa shape index (κ1) is 17.5. The van der Waals surface area contributed by atoms with Gasteiger partial charge in [-0.05, 0) is 29.9 Å². The van der Waals surface area contributed by atoms with E-state index < -0.39 is 0 Å². The van der Waals surface area contributed by atoms with Gasteiger partial charge in [0.15, 0.2) is 5.78 Å². The first-order valence-electron chi connectivity index (χ1n) is 8.53. The van der Waals surface area contributed by atoms with Crippen molar-refractivity contribution in [2.24, 2.45) is 5.92 Å². The predicted octanol–water partition coefficient (Wildman–Crippen LogP) is 4.26. The van der Waals surface area contributed by atoms with E-state index in [-0.39, 0.29) is 24.6 Å². The van der Waals surface area contributed by atoms with E-state index in [0.29, 0.717) is 12.3 Å². The van der Waals surface area contributed by atoms with Crippen LogP contribution in [0.3, 0.4) is 0 Å². The fourth-order valence-corrected chi connectivity index (χ4v) is 3.13. The van der Waals surface area contributed by atoms with Crippen LogP contribution in [0.2, 0.25) is 0 Å². The quantitative estimate of drug-likeness (QED) is 0.558. The van der Waals surface area contributed by atoms with Crippen LogP contribution in [-0.4, -0.2) is 18.9 Å². The highest BCUT2D eigenvalue weighted by atomic mass is 16.5. The van der Waals surface area contributed by atoms with Gasteiger partial charge in [0.05, 0.1) is 13.5 Å². The van der Waals surface area contributed by atoms with Crippen LogP contribution < -0.4 is 0 Å². The van der Waals surface area contributed by atoms with Crippen LogP contribution in [0, 0.1) is 5.92 Å². The number of carbonyl (C=O) groups excluding carboxylic acids is 2. The Hall–Kier alpha value is -1.90. The number of Topliss-reactive ketones (excluding diaryl/α,β-unsaturated/α-hetero) is 1. The molecule has 0 N–H and O–H groups in total. The van der Waals surface area contributed by atoms with Crippen LogP contribution in [0.1, 0.15) is 50.5 Å². The summed E-state index contributed by atoms with van der Waals surface area (Å²) >= 11 is 0. The molecule has 2 rings (SSSR count). The molecule has 23 heavy (non-hydrogen) atoms. The molecule has 1 aromatic carbocycles. The molecule has 1 saturated carbocycles. The molecule has 0 bridgehead atoms. The molecule has 124 valence electrons. The lowest BCUT2D eigenvalue weighted by molar-refractivity contribution is -0.141. The summed E-state index contributed by atoms with van der Waals surface area (Å²) in [5.41, 5.74) is 1.99. The lowest BCUT2D eigenvalue weighted by Gasteiger charge is -2.19. The van der Waals surface area contributed by atoms with Crippen molar-refractivity contribution in [2.75, 3.05) is 7.11 Å². The van der Waals surface area contributed by atoms with E-state index >= 15 is 0 Å². The van der Waals surface area contributed by atoms with Crippen molar-refractivity contribution in [3.05, 3.63) is 47.5 Å². The second-order valence-corrected chi connectivity index (χ2v) is 6.25. The van der Waals surface area contributed by atoms with Crippen LogP contribution >= 0.6 is 0 Å². The van der Waals surface area contributed by atoms with Crippen LogP contribution in [-0.2, 0) is 20.7 Å². The Balaban J connectivity index is 2.08. The standard InChI is InChI=1S/C20H26O3/c1-23-20(22)13-12-19(21)18(14-16-8-4-2-5-9-16)15-17-10-6-3-7-11-17/h2,4-5,8-9,15,17H,3,6-7,10-14H2,1H3/b18-15+. The number of methoxy groups -OCH3 is 1. The first-order chi connectivity index (χ1) is 11.2. The van der Waals surface area contributed by atoms with Gasteiger partial charge in [-0.1, -0.05) is 55.7 Å². The summed E-state index contributed by atoms with van der Waals surface area (Å²) in [5, 5.41) is 0. The van der Waals surface area contributed by atoms with Crippen molar-refractivity contribution in [3.63, 3.8) is 0 Å². The Morgan fingerprint density at radius 3 is 2.43 bits per heavy atom. The maximum atomic E-state index is 12.6. The van der Waals surface area contributed by atoms with E-state index in [9.17, 15) is 9.59 Å². The number of rotatable bonds is 7. The number of ketones is 1. The normalized spacial score (nSPS) is 16.1. The Bertz CT molecular complexity index is 539. The van der Waals surface area contributed by atoms with Crippen molar-refractivity contribution in [1.82, 2.24) is 0 Å². The van der Waals surface area contributed by atoms with Gasteiger partial charge in [0.2, 0.25) is 0 Å². The minimum absolute atomic E-state index is 0.0739. The average molecular weight is 314 g/mol. The molecular formula is C20H26O3. The van der Waals surface area contributed by atoms with Crippen molar-refractivity contribution in [3.8, 4) is 0 Å². The summed E-state index contributed by atoms with van der Waals surface area (Å²) in [6.07, 6.45) is 9.35. The molecule has 0 unspecified atom stereocenters. The van der Waals surface area contributed by atoms with Gasteiger partial charge in [-0.15, -0.1) is 0 Å². The summed E-state index contributed by atoms with van der Waals surface area (Å²) < 4.78 is 4.64. The molecule has 3 heteroatoms. The zero-order valence-electron chi connectivity index (χ0n) is 13.9. The molecule has 1 fully saturated rings. The fourth-order valence-electron chi connectivity index (χ4n) is 3.13. The number of hydrogen-bond donors (Lipinski definition) is 0. The Morgan fingerprint density at radius 1 is 1.09 bits per heavy atom. The number of esters is 1. The van der Waals surface area contributed by atoms with E-state index in [1.54, 1.807) is 0 Å². The van der Waals surface area contributed by atoms with Gasteiger partial charge in [-0.25, -0.2) is 0 Å². The second kappa shape index (κ2) is 9.29. The minimum atomic E-state index is -0.324. The molecule has 1 aliphatic carbocycles. The lowest BCUT2D eigenvalue weighted by atomic mass is 9.86. The summed E-state index contributed by atoms with van der Waals surface area (Å²) in [5.74, 6) is 0.254. The maximum Gasteiger partial charge on any atom is 0.305 e. The summed E-state index contributed by atoms with van der Waals surface area (Å²) in [7, 11) is 1.36. The zero-order valence-corrected chi connectivity index (χ0v) is 13.9. The molecule has 1 aromatic rings. The number of carbonyl (C=O) groups is 2. The van der Waals surface area contributed by atoms with Gasteiger partial charge >= 0.3 is 5.97 Å². The summed E-state index contributed by atoms with van der Waals surface area (Å²) in [6, 6.07) is 10.1. The maximum absolute atomic E-state index is 12.6. The van der Waals surface area contributed by atoms with Crippen LogP contribution in [0.4, 0.5) is 0 Å². The fraction of sp³-hybridized carbons (Fsp3) is 0.500. The van der Waals surface area contributed by atoms with E-state index in [4.69, 9.17) is 0 Å².